The Labute approximate surface area is 112 Å². The van der Waals surface area contributed by atoms with Crippen LogP contribution in [0.1, 0.15) is 26.1 Å². The van der Waals surface area contributed by atoms with Gasteiger partial charge in [-0.05, 0) is 44.0 Å². The molecule has 2 rings (SSSR count). The molecule has 0 N–H and O–H groups in total. The number of aryl methyl sites for hydroxylation is 1. The van der Waals surface area contributed by atoms with Gasteiger partial charge in [-0.3, -0.25) is 4.57 Å². The molecule has 0 saturated carbocycles. The molecule has 0 aliphatic carbocycles. The van der Waals surface area contributed by atoms with Gasteiger partial charge in [0.05, 0.1) is 11.8 Å². The molecule has 0 aliphatic rings. The van der Waals surface area contributed by atoms with E-state index in [1.165, 1.54) is 0 Å². The van der Waals surface area contributed by atoms with Gasteiger partial charge in [-0.25, -0.2) is 0 Å². The third-order valence-electron chi connectivity index (χ3n) is 2.77. The fraction of sp³-hybridized carbons (Fsp3) is 0.385. The van der Waals surface area contributed by atoms with Gasteiger partial charge in [0.15, 0.2) is 0 Å². The Balaban J connectivity index is 2.33. The summed E-state index contributed by atoms with van der Waals surface area (Å²) in [5, 5.41) is 8.13. The van der Waals surface area contributed by atoms with Crippen molar-refractivity contribution in [3.8, 4) is 11.4 Å². The average Bonchev–Trinajstić information content (AvgIpc) is 2.69. The SMILES string of the molecule is CCC(C)Oc1cccc(-n2c(C)nnc2Cl)c1. The molecule has 4 nitrogen and oxygen atoms in total. The first-order valence-corrected chi connectivity index (χ1v) is 6.34. The summed E-state index contributed by atoms with van der Waals surface area (Å²) in [5.41, 5.74) is 0.906. The summed E-state index contributed by atoms with van der Waals surface area (Å²) in [6.07, 6.45) is 1.16. The maximum Gasteiger partial charge on any atom is 0.229 e. The number of benzene rings is 1. The maximum absolute atomic E-state index is 6.01. The molecule has 96 valence electrons. The smallest absolute Gasteiger partial charge is 0.229 e. The van der Waals surface area contributed by atoms with Gasteiger partial charge in [0.1, 0.15) is 11.6 Å². The number of aromatic nitrogens is 3. The normalized spacial score (nSPS) is 12.4. The molecule has 1 aromatic heterocycles. The van der Waals surface area contributed by atoms with Crippen LogP contribution in [0.15, 0.2) is 24.3 Å². The number of nitrogens with zero attached hydrogens (tertiary/aromatic N) is 3. The minimum Gasteiger partial charge on any atom is -0.491 e. The minimum atomic E-state index is 0.192. The molecule has 0 saturated heterocycles. The van der Waals surface area contributed by atoms with Crippen LogP contribution >= 0.6 is 11.6 Å². The number of hydrogen-bond donors (Lipinski definition) is 0. The van der Waals surface area contributed by atoms with E-state index >= 15 is 0 Å². The second-order valence-corrected chi connectivity index (χ2v) is 4.52. The molecule has 1 atom stereocenters. The zero-order valence-electron chi connectivity index (χ0n) is 10.7. The van der Waals surface area contributed by atoms with Crippen LogP contribution in [0.3, 0.4) is 0 Å². The highest BCUT2D eigenvalue weighted by Crippen LogP contribution is 2.22. The summed E-state index contributed by atoms with van der Waals surface area (Å²) in [6, 6.07) is 7.76. The molecule has 0 spiro atoms. The van der Waals surface area contributed by atoms with Gasteiger partial charge in [-0.2, -0.15) is 0 Å². The standard InChI is InChI=1S/C13H16ClN3O/c1-4-9(2)18-12-7-5-6-11(8-12)17-10(3)15-16-13(17)14/h5-9H,4H2,1-3H3. The highest BCUT2D eigenvalue weighted by molar-refractivity contribution is 6.28. The average molecular weight is 266 g/mol. The van der Waals surface area contributed by atoms with Gasteiger partial charge in [-0.1, -0.05) is 13.0 Å². The van der Waals surface area contributed by atoms with Crippen molar-refractivity contribution in [3.63, 3.8) is 0 Å². The van der Waals surface area contributed by atoms with Crippen molar-refractivity contribution >= 4 is 11.6 Å². The van der Waals surface area contributed by atoms with Crippen LogP contribution in [-0.2, 0) is 0 Å². The molecule has 1 unspecified atom stereocenters. The Kier molecular flexibility index (Phi) is 3.87. The van der Waals surface area contributed by atoms with Crippen LogP contribution in [0.2, 0.25) is 5.28 Å². The first-order chi connectivity index (χ1) is 8.61. The summed E-state index contributed by atoms with van der Waals surface area (Å²) < 4.78 is 7.57. The predicted molar refractivity (Wildman–Crippen MR) is 71.5 cm³/mol. The fourth-order valence-corrected chi connectivity index (χ4v) is 1.90. The molecule has 0 bridgehead atoms. The van der Waals surface area contributed by atoms with Crippen LogP contribution in [0.25, 0.3) is 5.69 Å². The minimum absolute atomic E-state index is 0.192. The quantitative estimate of drug-likeness (QED) is 0.851. The van der Waals surface area contributed by atoms with Gasteiger partial charge in [0.25, 0.3) is 0 Å². The van der Waals surface area contributed by atoms with E-state index in [4.69, 9.17) is 16.3 Å². The topological polar surface area (TPSA) is 39.9 Å². The second kappa shape index (κ2) is 5.40. The third kappa shape index (κ3) is 2.64. The summed E-state index contributed by atoms with van der Waals surface area (Å²) in [5.74, 6) is 1.58. The lowest BCUT2D eigenvalue weighted by Gasteiger charge is -2.14. The van der Waals surface area contributed by atoms with E-state index in [0.717, 1.165) is 23.7 Å². The van der Waals surface area contributed by atoms with Crippen LogP contribution in [0, 0.1) is 6.92 Å². The highest BCUT2D eigenvalue weighted by Gasteiger charge is 2.09. The van der Waals surface area contributed by atoms with E-state index in [2.05, 4.69) is 17.1 Å². The first kappa shape index (κ1) is 12.9. The Bertz CT molecular complexity index is 519. The molecule has 1 heterocycles. The van der Waals surface area contributed by atoms with E-state index in [1.54, 1.807) is 4.57 Å². The summed E-state index contributed by atoms with van der Waals surface area (Å²) >= 11 is 6.01. The van der Waals surface area contributed by atoms with E-state index in [-0.39, 0.29) is 6.10 Å². The van der Waals surface area contributed by atoms with Gasteiger partial charge in [0.2, 0.25) is 5.28 Å². The number of ether oxygens (including phenoxy) is 1. The van der Waals surface area contributed by atoms with Crippen LogP contribution < -0.4 is 4.74 Å². The third-order valence-corrected chi connectivity index (χ3v) is 3.02. The van der Waals surface area contributed by atoms with Gasteiger partial charge in [0, 0.05) is 6.07 Å². The lowest BCUT2D eigenvalue weighted by Crippen LogP contribution is -2.10. The molecule has 2 aromatic rings. The highest BCUT2D eigenvalue weighted by atomic mass is 35.5. The molecular weight excluding hydrogens is 250 g/mol. The Morgan fingerprint density at radius 2 is 2.17 bits per heavy atom. The number of rotatable bonds is 4. The summed E-state index contributed by atoms with van der Waals surface area (Å²) in [7, 11) is 0. The Morgan fingerprint density at radius 3 is 2.78 bits per heavy atom. The van der Waals surface area contributed by atoms with Crippen molar-refractivity contribution < 1.29 is 4.74 Å². The van der Waals surface area contributed by atoms with E-state index < -0.39 is 0 Å². The predicted octanol–water partition coefficient (Wildman–Crippen LogP) is 3.41. The monoisotopic (exact) mass is 265 g/mol. The van der Waals surface area contributed by atoms with Crippen molar-refractivity contribution in [2.45, 2.75) is 33.3 Å². The van der Waals surface area contributed by atoms with Crippen molar-refractivity contribution in [2.75, 3.05) is 0 Å². The molecular formula is C13H16ClN3O. The van der Waals surface area contributed by atoms with Crippen molar-refractivity contribution in [1.29, 1.82) is 0 Å². The maximum atomic E-state index is 6.01. The van der Waals surface area contributed by atoms with Crippen LogP contribution in [0.4, 0.5) is 0 Å². The van der Waals surface area contributed by atoms with Crippen molar-refractivity contribution in [3.05, 3.63) is 35.4 Å². The van der Waals surface area contributed by atoms with E-state index in [0.29, 0.717) is 5.28 Å². The van der Waals surface area contributed by atoms with Crippen LogP contribution in [-0.4, -0.2) is 20.9 Å². The van der Waals surface area contributed by atoms with Crippen LogP contribution in [0.5, 0.6) is 5.75 Å². The number of hydrogen-bond acceptors (Lipinski definition) is 3. The molecule has 18 heavy (non-hydrogen) atoms. The van der Waals surface area contributed by atoms with Crippen molar-refractivity contribution in [2.24, 2.45) is 0 Å². The number of halogens is 1. The molecule has 0 amide bonds. The molecule has 0 radical (unpaired) electrons. The summed E-state index contributed by atoms with van der Waals surface area (Å²) in [6.45, 7) is 6.00. The fourth-order valence-electron chi connectivity index (χ4n) is 1.64. The van der Waals surface area contributed by atoms with E-state index in [9.17, 15) is 0 Å². The molecule has 0 aliphatic heterocycles. The van der Waals surface area contributed by atoms with Gasteiger partial charge >= 0.3 is 0 Å². The van der Waals surface area contributed by atoms with Gasteiger partial charge < -0.3 is 4.74 Å². The zero-order valence-corrected chi connectivity index (χ0v) is 11.5. The Morgan fingerprint density at radius 1 is 1.39 bits per heavy atom. The lowest BCUT2D eigenvalue weighted by molar-refractivity contribution is 0.217. The van der Waals surface area contributed by atoms with E-state index in [1.807, 2.05) is 38.1 Å². The lowest BCUT2D eigenvalue weighted by atomic mass is 10.2. The second-order valence-electron chi connectivity index (χ2n) is 4.19. The zero-order chi connectivity index (χ0) is 13.1. The molecule has 5 heteroatoms. The van der Waals surface area contributed by atoms with Gasteiger partial charge in [-0.15, -0.1) is 10.2 Å². The van der Waals surface area contributed by atoms with Crippen molar-refractivity contribution in [1.82, 2.24) is 14.8 Å². The largest absolute Gasteiger partial charge is 0.491 e. The molecule has 1 aromatic carbocycles. The first-order valence-electron chi connectivity index (χ1n) is 5.96. The summed E-state index contributed by atoms with van der Waals surface area (Å²) in [4.78, 5) is 0. The molecule has 0 fully saturated rings. The Hall–Kier alpha value is -1.55.